The second-order valence-electron chi connectivity index (χ2n) is 3.60. The quantitative estimate of drug-likeness (QED) is 0.491. The maximum absolute atomic E-state index is 12.2. The van der Waals surface area contributed by atoms with Crippen LogP contribution >= 0.6 is 11.8 Å². The minimum absolute atomic E-state index is 0.198. The molecule has 19 heavy (non-hydrogen) atoms. The van der Waals surface area contributed by atoms with Crippen molar-refractivity contribution in [3.63, 3.8) is 0 Å². The molecule has 0 heterocycles. The monoisotopic (exact) mass is 275 g/mol. The first-order chi connectivity index (χ1) is 9.13. The summed E-state index contributed by atoms with van der Waals surface area (Å²) in [4.78, 5) is 13.2. The van der Waals surface area contributed by atoms with Gasteiger partial charge in [-0.05, 0) is 24.5 Å². The van der Waals surface area contributed by atoms with Gasteiger partial charge >= 0.3 is 0 Å². The van der Waals surface area contributed by atoms with Crippen LogP contribution in [-0.4, -0.2) is 19.3 Å². The zero-order valence-corrected chi connectivity index (χ0v) is 11.9. The molecule has 0 aromatic heterocycles. The Bertz CT molecular complexity index is 521. The van der Waals surface area contributed by atoms with E-state index in [-0.39, 0.29) is 5.91 Å². The van der Waals surface area contributed by atoms with Gasteiger partial charge in [-0.2, -0.15) is 0 Å². The topological polar surface area (TPSA) is 38.3 Å². The van der Waals surface area contributed by atoms with Crippen LogP contribution in [0.15, 0.2) is 65.9 Å². The van der Waals surface area contributed by atoms with Crippen molar-refractivity contribution in [2.45, 2.75) is 4.90 Å². The Kier molecular flexibility index (Phi) is 5.96. The normalized spacial score (nSPS) is 10.7. The highest BCUT2D eigenvalue weighted by molar-refractivity contribution is 7.98. The Morgan fingerprint density at radius 1 is 1.42 bits per heavy atom. The van der Waals surface area contributed by atoms with Gasteiger partial charge in [-0.15, -0.1) is 11.8 Å². The summed E-state index contributed by atoms with van der Waals surface area (Å²) in [5, 5.41) is 2.77. The van der Waals surface area contributed by atoms with Gasteiger partial charge in [0.1, 0.15) is 5.76 Å². The molecule has 0 saturated carbocycles. The molecule has 0 aliphatic rings. The summed E-state index contributed by atoms with van der Waals surface area (Å²) in [6.07, 6.45) is 5.15. The van der Waals surface area contributed by atoms with Crippen molar-refractivity contribution in [1.82, 2.24) is 5.32 Å². The van der Waals surface area contributed by atoms with Gasteiger partial charge in [0.05, 0.1) is 18.4 Å². The molecule has 0 unspecified atom stereocenters. The van der Waals surface area contributed by atoms with Crippen molar-refractivity contribution in [3.8, 4) is 0 Å². The van der Waals surface area contributed by atoms with Crippen LogP contribution in [0.2, 0.25) is 0 Å². The Morgan fingerprint density at radius 2 is 2.11 bits per heavy atom. The standard InChI is InChI=1S/C15H17NO2S/c1-5-8-13(11(2)18-3)16-15(17)12-9-6-7-10-14(12)19-4/h5-10H,1-2H2,3-4H3,(H,16,17)/b13-8+. The third kappa shape index (κ3) is 4.03. The van der Waals surface area contributed by atoms with Crippen molar-refractivity contribution >= 4 is 17.7 Å². The molecule has 0 aliphatic heterocycles. The molecule has 0 fully saturated rings. The molecule has 1 amide bonds. The Hall–Kier alpha value is -1.94. The number of hydrogen-bond acceptors (Lipinski definition) is 3. The molecular weight excluding hydrogens is 258 g/mol. The fraction of sp³-hybridized carbons (Fsp3) is 0.133. The first kappa shape index (κ1) is 15.1. The van der Waals surface area contributed by atoms with Crippen molar-refractivity contribution in [1.29, 1.82) is 0 Å². The summed E-state index contributed by atoms with van der Waals surface area (Å²) in [6.45, 7) is 7.33. The average Bonchev–Trinajstić information content (AvgIpc) is 2.45. The molecule has 1 rings (SSSR count). The fourth-order valence-corrected chi connectivity index (χ4v) is 2.05. The van der Waals surface area contributed by atoms with E-state index in [0.717, 1.165) is 4.90 Å². The maximum atomic E-state index is 12.2. The van der Waals surface area contributed by atoms with Crippen LogP contribution in [0.3, 0.4) is 0 Å². The number of carbonyl (C=O) groups is 1. The van der Waals surface area contributed by atoms with E-state index in [0.29, 0.717) is 17.0 Å². The van der Waals surface area contributed by atoms with Gasteiger partial charge in [0, 0.05) is 4.90 Å². The van der Waals surface area contributed by atoms with E-state index in [4.69, 9.17) is 4.74 Å². The van der Waals surface area contributed by atoms with Crippen LogP contribution < -0.4 is 5.32 Å². The van der Waals surface area contributed by atoms with Crippen molar-refractivity contribution < 1.29 is 9.53 Å². The van der Waals surface area contributed by atoms with Crippen LogP contribution in [0, 0.1) is 0 Å². The van der Waals surface area contributed by atoms with Crippen LogP contribution in [-0.2, 0) is 4.74 Å². The van der Waals surface area contributed by atoms with E-state index >= 15 is 0 Å². The molecule has 0 bridgehead atoms. The van der Waals surface area contributed by atoms with E-state index in [1.807, 2.05) is 24.5 Å². The number of hydrogen-bond donors (Lipinski definition) is 1. The molecule has 0 saturated heterocycles. The summed E-state index contributed by atoms with van der Waals surface area (Å²) >= 11 is 1.52. The Morgan fingerprint density at radius 3 is 2.68 bits per heavy atom. The number of rotatable bonds is 6. The maximum Gasteiger partial charge on any atom is 0.256 e. The van der Waals surface area contributed by atoms with Gasteiger partial charge in [0.15, 0.2) is 0 Å². The first-order valence-corrected chi connectivity index (χ1v) is 6.86. The SMILES string of the molecule is C=C/C=C(/NC(=O)c1ccccc1SC)C(=C)OC. The van der Waals surface area contributed by atoms with Gasteiger partial charge in [-0.25, -0.2) is 0 Å². The number of thioether (sulfide) groups is 1. The fourth-order valence-electron chi connectivity index (χ4n) is 1.45. The zero-order valence-electron chi connectivity index (χ0n) is 11.1. The number of amides is 1. The Balaban J connectivity index is 2.97. The van der Waals surface area contributed by atoms with Crippen LogP contribution in [0.25, 0.3) is 0 Å². The predicted octanol–water partition coefficient (Wildman–Crippen LogP) is 3.37. The summed E-state index contributed by atoms with van der Waals surface area (Å²) in [7, 11) is 1.50. The largest absolute Gasteiger partial charge is 0.495 e. The predicted molar refractivity (Wildman–Crippen MR) is 80.1 cm³/mol. The molecule has 1 aromatic carbocycles. The molecule has 1 N–H and O–H groups in total. The lowest BCUT2D eigenvalue weighted by atomic mass is 10.2. The van der Waals surface area contributed by atoms with Gasteiger partial charge in [-0.3, -0.25) is 4.79 Å². The minimum Gasteiger partial charge on any atom is -0.495 e. The van der Waals surface area contributed by atoms with Crippen LogP contribution in [0.4, 0.5) is 0 Å². The highest BCUT2D eigenvalue weighted by atomic mass is 32.2. The zero-order chi connectivity index (χ0) is 14.3. The number of ether oxygens (including phenoxy) is 1. The van der Waals surface area contributed by atoms with Gasteiger partial charge < -0.3 is 10.1 Å². The molecule has 0 aliphatic carbocycles. The second-order valence-corrected chi connectivity index (χ2v) is 4.45. The third-order valence-electron chi connectivity index (χ3n) is 2.43. The van der Waals surface area contributed by atoms with Gasteiger partial charge in [-0.1, -0.05) is 31.4 Å². The minimum atomic E-state index is -0.198. The van der Waals surface area contributed by atoms with Crippen molar-refractivity contribution in [3.05, 3.63) is 66.6 Å². The van der Waals surface area contributed by atoms with E-state index in [1.165, 1.54) is 18.9 Å². The number of benzene rings is 1. The average molecular weight is 275 g/mol. The number of allylic oxidation sites excluding steroid dienone is 2. The third-order valence-corrected chi connectivity index (χ3v) is 3.23. The number of carbonyl (C=O) groups excluding carboxylic acids is 1. The van der Waals surface area contributed by atoms with Gasteiger partial charge in [0.25, 0.3) is 5.91 Å². The number of methoxy groups -OCH3 is 1. The molecule has 3 nitrogen and oxygen atoms in total. The second kappa shape index (κ2) is 7.48. The first-order valence-electron chi connectivity index (χ1n) is 5.64. The lowest BCUT2D eigenvalue weighted by molar-refractivity contribution is 0.0960. The highest BCUT2D eigenvalue weighted by Gasteiger charge is 2.13. The van der Waals surface area contributed by atoms with Gasteiger partial charge in [0.2, 0.25) is 0 Å². The number of nitrogens with one attached hydrogen (secondary N) is 1. The van der Waals surface area contributed by atoms with Crippen LogP contribution in [0.5, 0.6) is 0 Å². The van der Waals surface area contributed by atoms with E-state index in [1.54, 1.807) is 18.2 Å². The van der Waals surface area contributed by atoms with Crippen LogP contribution in [0.1, 0.15) is 10.4 Å². The van der Waals surface area contributed by atoms with E-state index in [2.05, 4.69) is 18.5 Å². The molecular formula is C15H17NO2S. The molecule has 0 spiro atoms. The van der Waals surface area contributed by atoms with E-state index < -0.39 is 0 Å². The lowest BCUT2D eigenvalue weighted by Crippen LogP contribution is -2.24. The molecule has 4 heteroatoms. The summed E-state index contributed by atoms with van der Waals surface area (Å²) in [6, 6.07) is 7.41. The molecule has 0 radical (unpaired) electrons. The Labute approximate surface area is 118 Å². The highest BCUT2D eigenvalue weighted by Crippen LogP contribution is 2.20. The summed E-state index contributed by atoms with van der Waals surface area (Å²) in [5.41, 5.74) is 1.12. The molecule has 0 atom stereocenters. The summed E-state index contributed by atoms with van der Waals surface area (Å²) in [5.74, 6) is 0.186. The smallest absolute Gasteiger partial charge is 0.256 e. The summed E-state index contributed by atoms with van der Waals surface area (Å²) < 4.78 is 5.03. The molecule has 1 aromatic rings. The van der Waals surface area contributed by atoms with E-state index in [9.17, 15) is 4.79 Å². The van der Waals surface area contributed by atoms with Crippen molar-refractivity contribution in [2.75, 3.05) is 13.4 Å². The molecule has 100 valence electrons. The lowest BCUT2D eigenvalue weighted by Gasteiger charge is -2.12. The van der Waals surface area contributed by atoms with Crippen molar-refractivity contribution in [2.24, 2.45) is 0 Å².